The summed E-state index contributed by atoms with van der Waals surface area (Å²) >= 11 is 0. The van der Waals surface area contributed by atoms with E-state index in [9.17, 15) is 0 Å². The van der Waals surface area contributed by atoms with Crippen molar-refractivity contribution in [2.24, 2.45) is 0 Å². The summed E-state index contributed by atoms with van der Waals surface area (Å²) < 4.78 is 34.5. The number of ether oxygens (including phenoxy) is 6. The fourth-order valence-electron chi connectivity index (χ4n) is 9.67. The molecule has 0 saturated carbocycles. The number of benzene rings is 6. The van der Waals surface area contributed by atoms with Gasteiger partial charge in [-0.2, -0.15) is 0 Å². The van der Waals surface area contributed by atoms with Gasteiger partial charge in [-0.15, -0.1) is 0 Å². The molecule has 4 bridgehead atoms. The maximum absolute atomic E-state index is 5.76. The van der Waals surface area contributed by atoms with E-state index in [-0.39, 0.29) is 23.7 Å². The van der Waals surface area contributed by atoms with Gasteiger partial charge in [0.25, 0.3) is 0 Å². The molecule has 0 N–H and O–H groups in total. The number of rotatable bonds is 6. The predicted molar refractivity (Wildman–Crippen MR) is 202 cm³/mol. The summed E-state index contributed by atoms with van der Waals surface area (Å²) in [6.45, 7) is 0. The molecule has 0 heterocycles. The Morgan fingerprint density at radius 2 is 0.462 bits per heavy atom. The standard InChI is InChI=1S/2C23H20O3/c1-24-16-10-6-9-15-20(16)19-13-7-4-11-17(25-2)21(13)23(15)22-14(19)8-5-12-18(22)26-3;1-24-16-10-4-7-13-19-14-8-5-11-17(25-2)21(14)23(20(13)16)22-15(19)9-6-12-18(22)26-3/h2*4-12,19,23H,1-3H3. The first-order chi connectivity index (χ1) is 25.6. The highest BCUT2D eigenvalue weighted by Crippen LogP contribution is 2.63. The minimum atomic E-state index is 0.0449. The summed E-state index contributed by atoms with van der Waals surface area (Å²) in [7, 11) is 10.5. The quantitative estimate of drug-likeness (QED) is 0.174. The van der Waals surface area contributed by atoms with Crippen molar-refractivity contribution in [3.63, 3.8) is 0 Å². The van der Waals surface area contributed by atoms with Gasteiger partial charge >= 0.3 is 0 Å². The van der Waals surface area contributed by atoms with Gasteiger partial charge < -0.3 is 28.4 Å². The number of methoxy groups -OCH3 is 6. The fraction of sp³-hybridized carbons (Fsp3) is 0.217. The molecule has 6 nitrogen and oxygen atoms in total. The third-order valence-electron chi connectivity index (χ3n) is 11.5. The molecule has 6 aromatic rings. The molecule has 0 atom stereocenters. The summed E-state index contributed by atoms with van der Waals surface area (Å²) in [6, 6.07) is 38.1. The minimum Gasteiger partial charge on any atom is -0.496 e. The van der Waals surface area contributed by atoms with Crippen molar-refractivity contribution in [3.8, 4) is 34.5 Å². The molecule has 260 valence electrons. The van der Waals surface area contributed by atoms with Crippen LogP contribution in [0.25, 0.3) is 0 Å². The highest BCUT2D eigenvalue weighted by molar-refractivity contribution is 5.76. The molecule has 6 aromatic carbocycles. The topological polar surface area (TPSA) is 55.4 Å². The van der Waals surface area contributed by atoms with Gasteiger partial charge in [-0.1, -0.05) is 72.8 Å². The van der Waals surface area contributed by atoms with Crippen LogP contribution in [0.1, 0.15) is 90.4 Å². The lowest BCUT2D eigenvalue weighted by molar-refractivity contribution is 0.389. The van der Waals surface area contributed by atoms with Crippen molar-refractivity contribution < 1.29 is 28.4 Å². The third-order valence-corrected chi connectivity index (χ3v) is 11.5. The van der Waals surface area contributed by atoms with Crippen LogP contribution >= 0.6 is 0 Å². The predicted octanol–water partition coefficient (Wildman–Crippen LogP) is 9.40. The molecule has 0 aliphatic heterocycles. The van der Waals surface area contributed by atoms with Gasteiger partial charge in [-0.25, -0.2) is 0 Å². The van der Waals surface area contributed by atoms with Gasteiger partial charge in [-0.05, 0) is 69.8 Å². The highest BCUT2D eigenvalue weighted by atomic mass is 16.5. The molecule has 0 saturated heterocycles. The smallest absolute Gasteiger partial charge is 0.123 e. The Labute approximate surface area is 304 Å². The van der Waals surface area contributed by atoms with Crippen LogP contribution in [-0.4, -0.2) is 42.7 Å². The Morgan fingerprint density at radius 3 is 0.731 bits per heavy atom. The number of hydrogen-bond acceptors (Lipinski definition) is 6. The minimum absolute atomic E-state index is 0.0449. The largest absolute Gasteiger partial charge is 0.496 e. The second kappa shape index (κ2) is 12.4. The second-order valence-corrected chi connectivity index (χ2v) is 13.5. The van der Waals surface area contributed by atoms with E-state index in [0.717, 1.165) is 34.5 Å². The monoisotopic (exact) mass is 688 g/mol. The zero-order valence-electron chi connectivity index (χ0n) is 30.2. The molecule has 52 heavy (non-hydrogen) atoms. The van der Waals surface area contributed by atoms with Gasteiger partial charge in [0.15, 0.2) is 0 Å². The van der Waals surface area contributed by atoms with Crippen molar-refractivity contribution in [2.45, 2.75) is 23.7 Å². The Bertz CT molecular complexity index is 2190. The molecule has 0 aromatic heterocycles. The molecular formula is C46H40O6. The number of hydrogen-bond donors (Lipinski definition) is 0. The van der Waals surface area contributed by atoms with E-state index in [2.05, 4.69) is 91.0 Å². The molecule has 0 spiro atoms. The zero-order valence-corrected chi connectivity index (χ0v) is 30.2. The van der Waals surface area contributed by atoms with E-state index in [0.29, 0.717) is 0 Å². The third kappa shape index (κ3) is 4.30. The summed E-state index contributed by atoms with van der Waals surface area (Å²) in [5, 5.41) is 0. The van der Waals surface area contributed by atoms with Crippen molar-refractivity contribution in [1.29, 1.82) is 0 Å². The Morgan fingerprint density at radius 1 is 0.250 bits per heavy atom. The first-order valence-corrected chi connectivity index (χ1v) is 17.6. The lowest BCUT2D eigenvalue weighted by Gasteiger charge is -2.43. The zero-order chi connectivity index (χ0) is 35.7. The van der Waals surface area contributed by atoms with Crippen LogP contribution in [0.2, 0.25) is 0 Å². The Hall–Kier alpha value is -5.88. The van der Waals surface area contributed by atoms with E-state index >= 15 is 0 Å². The summed E-state index contributed by atoms with van der Waals surface area (Å²) in [5.41, 5.74) is 15.3. The van der Waals surface area contributed by atoms with Crippen LogP contribution in [0.3, 0.4) is 0 Å². The molecule has 12 rings (SSSR count). The Balaban J connectivity index is 0.000000138. The van der Waals surface area contributed by atoms with Crippen molar-refractivity contribution in [1.82, 2.24) is 0 Å². The summed E-state index contributed by atoms with van der Waals surface area (Å²) in [5.74, 6) is 6.00. The van der Waals surface area contributed by atoms with Crippen LogP contribution in [0, 0.1) is 0 Å². The lowest BCUT2D eigenvalue weighted by Crippen LogP contribution is -2.29. The van der Waals surface area contributed by atoms with Gasteiger partial charge in [0.05, 0.1) is 42.7 Å². The SMILES string of the molecule is COc1cccc2c1C1c3c(OC)cccc3C2c2cccc(OC)c21.COc1cccc2c1C1c3cccc(OC)c3C2c2c(OC)cccc21. The molecule has 0 amide bonds. The van der Waals surface area contributed by atoms with Crippen molar-refractivity contribution in [3.05, 3.63) is 176 Å². The second-order valence-electron chi connectivity index (χ2n) is 13.5. The van der Waals surface area contributed by atoms with Crippen LogP contribution in [0.15, 0.2) is 109 Å². The molecule has 6 aliphatic carbocycles. The van der Waals surface area contributed by atoms with Gasteiger partial charge in [0.1, 0.15) is 34.5 Å². The molecule has 0 radical (unpaired) electrons. The fourth-order valence-corrected chi connectivity index (χ4v) is 9.67. The Kier molecular flexibility index (Phi) is 7.65. The van der Waals surface area contributed by atoms with Crippen LogP contribution in [-0.2, 0) is 0 Å². The normalized spacial score (nSPS) is 18.6. The van der Waals surface area contributed by atoms with Crippen LogP contribution < -0.4 is 28.4 Å². The van der Waals surface area contributed by atoms with E-state index < -0.39 is 0 Å². The maximum Gasteiger partial charge on any atom is 0.123 e. The maximum atomic E-state index is 5.76. The van der Waals surface area contributed by atoms with Crippen molar-refractivity contribution >= 4 is 0 Å². The average Bonchev–Trinajstić information content (AvgIpc) is 3.21. The van der Waals surface area contributed by atoms with E-state index in [1.165, 1.54) is 66.8 Å². The van der Waals surface area contributed by atoms with Gasteiger partial charge in [0, 0.05) is 57.1 Å². The summed E-state index contributed by atoms with van der Waals surface area (Å²) in [6.07, 6.45) is 0. The molecule has 6 aliphatic rings. The van der Waals surface area contributed by atoms with E-state index in [4.69, 9.17) is 28.4 Å². The molecule has 0 fully saturated rings. The van der Waals surface area contributed by atoms with E-state index in [1.54, 1.807) is 42.7 Å². The van der Waals surface area contributed by atoms with Gasteiger partial charge in [0.2, 0.25) is 0 Å². The lowest BCUT2D eigenvalue weighted by atomic mass is 9.60. The molecule has 0 unspecified atom stereocenters. The molecule has 6 heteroatoms. The first-order valence-electron chi connectivity index (χ1n) is 17.6. The molecular weight excluding hydrogens is 649 g/mol. The van der Waals surface area contributed by atoms with Crippen LogP contribution in [0.5, 0.6) is 34.5 Å². The van der Waals surface area contributed by atoms with E-state index in [1.807, 2.05) is 18.2 Å². The first kappa shape index (κ1) is 32.1. The van der Waals surface area contributed by atoms with Gasteiger partial charge in [-0.3, -0.25) is 0 Å². The van der Waals surface area contributed by atoms with Crippen LogP contribution in [0.4, 0.5) is 0 Å². The van der Waals surface area contributed by atoms with Crippen molar-refractivity contribution in [2.75, 3.05) is 42.7 Å². The highest BCUT2D eigenvalue weighted by Gasteiger charge is 2.47. The summed E-state index contributed by atoms with van der Waals surface area (Å²) in [4.78, 5) is 0. The average molecular weight is 689 g/mol.